The van der Waals surface area contributed by atoms with E-state index >= 15 is 0 Å². The van der Waals surface area contributed by atoms with E-state index in [1.54, 1.807) is 24.0 Å². The number of hydrogen-bond donors (Lipinski definition) is 1. The van der Waals surface area contributed by atoms with Gasteiger partial charge in [-0.2, -0.15) is 10.1 Å². The van der Waals surface area contributed by atoms with Crippen LogP contribution >= 0.6 is 0 Å². The highest BCUT2D eigenvalue weighted by Crippen LogP contribution is 2.21. The van der Waals surface area contributed by atoms with E-state index in [1.807, 2.05) is 20.8 Å². The first kappa shape index (κ1) is 12.8. The molecule has 6 heteroatoms. The van der Waals surface area contributed by atoms with Gasteiger partial charge < -0.3 is 9.63 Å². The number of aliphatic hydroxyl groups excluding tert-OH is 1. The van der Waals surface area contributed by atoms with Crippen molar-refractivity contribution < 1.29 is 9.63 Å². The van der Waals surface area contributed by atoms with Crippen LogP contribution in [-0.2, 0) is 18.9 Å². The number of aliphatic hydroxyl groups is 1. The summed E-state index contributed by atoms with van der Waals surface area (Å²) >= 11 is 0. The lowest BCUT2D eigenvalue weighted by molar-refractivity contribution is 0.155. The van der Waals surface area contributed by atoms with Gasteiger partial charge in [-0.3, -0.25) is 4.68 Å². The molecule has 0 spiro atoms. The Bertz CT molecular complexity index is 524. The Morgan fingerprint density at radius 2 is 2.17 bits per heavy atom. The molecule has 98 valence electrons. The summed E-state index contributed by atoms with van der Waals surface area (Å²) in [5, 5.41) is 18.0. The first-order chi connectivity index (χ1) is 8.38. The van der Waals surface area contributed by atoms with Gasteiger partial charge >= 0.3 is 0 Å². The zero-order valence-corrected chi connectivity index (χ0v) is 11.1. The average Bonchev–Trinajstić information content (AvgIpc) is 2.85. The fourth-order valence-corrected chi connectivity index (χ4v) is 1.62. The summed E-state index contributed by atoms with van der Waals surface area (Å²) in [5.41, 5.74) is 0.574. The van der Waals surface area contributed by atoms with Crippen molar-refractivity contribution in [2.75, 3.05) is 0 Å². The van der Waals surface area contributed by atoms with Crippen molar-refractivity contribution in [3.8, 4) is 0 Å². The van der Waals surface area contributed by atoms with Crippen LogP contribution in [-0.4, -0.2) is 25.0 Å². The summed E-state index contributed by atoms with van der Waals surface area (Å²) in [5.74, 6) is 1.09. The van der Waals surface area contributed by atoms with E-state index in [9.17, 15) is 5.11 Å². The van der Waals surface area contributed by atoms with Gasteiger partial charge in [0.25, 0.3) is 0 Å². The summed E-state index contributed by atoms with van der Waals surface area (Å²) in [4.78, 5) is 4.29. The number of hydrogen-bond acceptors (Lipinski definition) is 5. The molecule has 2 aromatic heterocycles. The number of aryl methyl sites for hydroxylation is 1. The molecule has 1 atom stereocenters. The van der Waals surface area contributed by atoms with Crippen LogP contribution in [0.3, 0.4) is 0 Å². The molecule has 0 aliphatic rings. The summed E-state index contributed by atoms with van der Waals surface area (Å²) in [6, 6.07) is 1.77. The van der Waals surface area contributed by atoms with Gasteiger partial charge in [0.15, 0.2) is 5.82 Å². The van der Waals surface area contributed by atoms with Crippen molar-refractivity contribution in [1.29, 1.82) is 0 Å². The summed E-state index contributed by atoms with van der Waals surface area (Å²) < 4.78 is 6.78. The second-order valence-electron chi connectivity index (χ2n) is 5.36. The summed E-state index contributed by atoms with van der Waals surface area (Å²) in [6.07, 6.45) is 1.25. The Labute approximate surface area is 106 Å². The largest absolute Gasteiger partial charge is 0.386 e. The lowest BCUT2D eigenvalue weighted by atomic mass is 9.96. The third-order valence-corrected chi connectivity index (χ3v) is 2.71. The van der Waals surface area contributed by atoms with Crippen molar-refractivity contribution in [2.24, 2.45) is 7.05 Å². The lowest BCUT2D eigenvalue weighted by Crippen LogP contribution is -2.13. The van der Waals surface area contributed by atoms with Gasteiger partial charge in [0, 0.05) is 18.7 Å². The van der Waals surface area contributed by atoms with E-state index in [0.29, 0.717) is 18.1 Å². The van der Waals surface area contributed by atoms with Crippen molar-refractivity contribution in [2.45, 2.75) is 38.7 Å². The van der Waals surface area contributed by atoms with Crippen LogP contribution in [0.5, 0.6) is 0 Å². The summed E-state index contributed by atoms with van der Waals surface area (Å²) in [7, 11) is 1.78. The minimum Gasteiger partial charge on any atom is -0.386 e. The highest BCUT2D eigenvalue weighted by atomic mass is 16.5. The second kappa shape index (κ2) is 4.53. The van der Waals surface area contributed by atoms with Gasteiger partial charge in [0.1, 0.15) is 6.10 Å². The Kier molecular flexibility index (Phi) is 3.21. The van der Waals surface area contributed by atoms with Gasteiger partial charge in [-0.15, -0.1) is 0 Å². The number of nitrogens with zero attached hydrogens (tertiary/aromatic N) is 4. The monoisotopic (exact) mass is 250 g/mol. The minimum absolute atomic E-state index is 0.154. The van der Waals surface area contributed by atoms with E-state index in [4.69, 9.17) is 4.52 Å². The number of rotatable bonds is 3. The highest BCUT2D eigenvalue weighted by molar-refractivity contribution is 5.07. The molecule has 18 heavy (non-hydrogen) atoms. The highest BCUT2D eigenvalue weighted by Gasteiger charge is 2.22. The SMILES string of the molecule is Cn1nccc1C(O)Cc1nc(C(C)(C)C)no1. The van der Waals surface area contributed by atoms with Crippen LogP contribution in [0.15, 0.2) is 16.8 Å². The molecule has 1 N–H and O–H groups in total. The first-order valence-electron chi connectivity index (χ1n) is 5.87. The van der Waals surface area contributed by atoms with Crippen molar-refractivity contribution in [1.82, 2.24) is 19.9 Å². The summed E-state index contributed by atoms with van der Waals surface area (Å²) in [6.45, 7) is 6.04. The Morgan fingerprint density at radius 3 is 2.67 bits per heavy atom. The van der Waals surface area contributed by atoms with Crippen LogP contribution < -0.4 is 0 Å². The molecule has 2 rings (SSSR count). The molecule has 0 saturated carbocycles. The quantitative estimate of drug-likeness (QED) is 0.890. The van der Waals surface area contributed by atoms with Gasteiger partial charge in [-0.25, -0.2) is 0 Å². The second-order valence-corrected chi connectivity index (χ2v) is 5.36. The molecule has 2 heterocycles. The zero-order chi connectivity index (χ0) is 13.3. The van der Waals surface area contributed by atoms with Crippen LogP contribution in [0.1, 0.15) is 44.3 Å². The van der Waals surface area contributed by atoms with Crippen LogP contribution in [0, 0.1) is 0 Å². The maximum Gasteiger partial charge on any atom is 0.229 e. The lowest BCUT2D eigenvalue weighted by Gasteiger charge is -2.11. The molecule has 0 radical (unpaired) electrons. The molecule has 2 aromatic rings. The Hall–Kier alpha value is -1.69. The number of aromatic nitrogens is 4. The van der Waals surface area contributed by atoms with E-state index in [1.165, 1.54) is 0 Å². The molecule has 0 saturated heterocycles. The van der Waals surface area contributed by atoms with Gasteiger partial charge in [-0.05, 0) is 6.07 Å². The van der Waals surface area contributed by atoms with Crippen molar-refractivity contribution >= 4 is 0 Å². The van der Waals surface area contributed by atoms with Crippen molar-refractivity contribution in [3.63, 3.8) is 0 Å². The minimum atomic E-state index is -0.689. The Morgan fingerprint density at radius 1 is 1.44 bits per heavy atom. The molecule has 0 aromatic carbocycles. The van der Waals surface area contributed by atoms with E-state index in [-0.39, 0.29) is 5.41 Å². The van der Waals surface area contributed by atoms with Gasteiger partial charge in [0.2, 0.25) is 5.89 Å². The zero-order valence-electron chi connectivity index (χ0n) is 11.1. The first-order valence-corrected chi connectivity index (χ1v) is 5.87. The van der Waals surface area contributed by atoms with Crippen LogP contribution in [0.4, 0.5) is 0 Å². The Balaban J connectivity index is 2.11. The third-order valence-electron chi connectivity index (χ3n) is 2.71. The van der Waals surface area contributed by atoms with Crippen molar-refractivity contribution in [3.05, 3.63) is 29.7 Å². The molecular formula is C12H18N4O2. The van der Waals surface area contributed by atoms with Crippen LogP contribution in [0.25, 0.3) is 0 Å². The molecule has 0 amide bonds. The maximum absolute atomic E-state index is 10.1. The molecule has 0 fully saturated rings. The average molecular weight is 250 g/mol. The molecular weight excluding hydrogens is 232 g/mol. The van der Waals surface area contributed by atoms with Gasteiger partial charge in [0.05, 0.1) is 12.1 Å². The molecule has 0 aliphatic heterocycles. The normalized spacial score (nSPS) is 13.8. The fourth-order valence-electron chi connectivity index (χ4n) is 1.62. The third kappa shape index (κ3) is 2.59. The predicted molar refractivity (Wildman–Crippen MR) is 64.9 cm³/mol. The van der Waals surface area contributed by atoms with E-state index < -0.39 is 6.10 Å². The standard InChI is InChI=1S/C12H18N4O2/c1-12(2,3)11-14-10(18-15-11)7-9(17)8-5-6-13-16(8)4/h5-6,9,17H,7H2,1-4H3. The van der Waals surface area contributed by atoms with Crippen LogP contribution in [0.2, 0.25) is 0 Å². The molecule has 0 bridgehead atoms. The molecule has 1 unspecified atom stereocenters. The molecule has 0 aliphatic carbocycles. The van der Waals surface area contributed by atoms with E-state index in [2.05, 4.69) is 15.2 Å². The predicted octanol–water partition coefficient (Wildman–Crippen LogP) is 1.38. The van der Waals surface area contributed by atoms with Gasteiger partial charge in [-0.1, -0.05) is 25.9 Å². The fraction of sp³-hybridized carbons (Fsp3) is 0.583. The maximum atomic E-state index is 10.1. The molecule has 6 nitrogen and oxygen atoms in total. The smallest absolute Gasteiger partial charge is 0.229 e. The topological polar surface area (TPSA) is 77.0 Å². The van der Waals surface area contributed by atoms with E-state index in [0.717, 1.165) is 5.69 Å².